The van der Waals surface area contributed by atoms with Crippen LogP contribution in [0.25, 0.3) is 0 Å². The topological polar surface area (TPSA) is 307 Å². The van der Waals surface area contributed by atoms with E-state index >= 15 is 0 Å². The van der Waals surface area contributed by atoms with Crippen molar-refractivity contribution in [3.8, 4) is 0 Å². The Hall–Kier alpha value is -1.21. The third-order valence-electron chi connectivity index (χ3n) is 22.7. The summed E-state index contributed by atoms with van der Waals surface area (Å²) in [6, 6.07) is -0.884. The molecule has 3 heterocycles. The SMILES string of the molecule is CCCCCCCCCCCCCCCCCCCCCCCCCCCCCCCCCCCCCCC(=O)NC(COC1OC(CO)C(OC2OC(CO)C(OC3OC(CO)C(O)C(O)C3O)C(O)C2O)C(O)C1O)C(O)CCCCCCCCCCCCCCCCCCCCCCCCC. The molecule has 104 heavy (non-hydrogen) atoms. The molecule has 0 aromatic carbocycles. The van der Waals surface area contributed by atoms with Crippen molar-refractivity contribution in [2.45, 2.75) is 510 Å². The van der Waals surface area contributed by atoms with E-state index in [4.69, 9.17) is 28.4 Å². The van der Waals surface area contributed by atoms with Crippen molar-refractivity contribution in [1.82, 2.24) is 5.32 Å². The van der Waals surface area contributed by atoms with Gasteiger partial charge < -0.3 is 89.9 Å². The molecule has 3 saturated heterocycles. The molecule has 17 unspecified atom stereocenters. The van der Waals surface area contributed by atoms with Crippen LogP contribution in [-0.4, -0.2) is 193 Å². The summed E-state index contributed by atoms with van der Waals surface area (Å²) in [7, 11) is 0. The number of amides is 1. The van der Waals surface area contributed by atoms with Gasteiger partial charge in [0.2, 0.25) is 5.91 Å². The number of rotatable bonds is 73. The van der Waals surface area contributed by atoms with Gasteiger partial charge in [-0.3, -0.25) is 4.79 Å². The molecule has 0 aromatic rings. The van der Waals surface area contributed by atoms with E-state index in [0.29, 0.717) is 12.8 Å². The van der Waals surface area contributed by atoms with E-state index in [0.717, 1.165) is 44.9 Å². The van der Waals surface area contributed by atoms with Crippen LogP contribution in [0.1, 0.15) is 406 Å². The zero-order valence-corrected chi connectivity index (χ0v) is 66.6. The van der Waals surface area contributed by atoms with Crippen LogP contribution in [-0.2, 0) is 33.2 Å². The molecule has 19 nitrogen and oxygen atoms in total. The van der Waals surface area contributed by atoms with Gasteiger partial charge in [0.05, 0.1) is 38.6 Å². The van der Waals surface area contributed by atoms with Gasteiger partial charge in [0.25, 0.3) is 0 Å². The van der Waals surface area contributed by atoms with Crippen molar-refractivity contribution in [2.24, 2.45) is 0 Å². The Morgan fingerprint density at radius 1 is 0.308 bits per heavy atom. The smallest absolute Gasteiger partial charge is 0.220 e. The fraction of sp³-hybridized carbons (Fsp3) is 0.988. The van der Waals surface area contributed by atoms with E-state index in [2.05, 4.69) is 19.2 Å². The Balaban J connectivity index is 1.31. The van der Waals surface area contributed by atoms with Crippen LogP contribution in [0, 0.1) is 0 Å². The van der Waals surface area contributed by atoms with E-state index in [1.54, 1.807) is 0 Å². The summed E-state index contributed by atoms with van der Waals surface area (Å²) < 4.78 is 34.6. The largest absolute Gasteiger partial charge is 0.394 e. The second kappa shape index (κ2) is 66.4. The van der Waals surface area contributed by atoms with Crippen molar-refractivity contribution in [1.29, 1.82) is 0 Å². The van der Waals surface area contributed by atoms with Gasteiger partial charge >= 0.3 is 0 Å². The van der Waals surface area contributed by atoms with Crippen LogP contribution >= 0.6 is 0 Å². The summed E-state index contributed by atoms with van der Waals surface area (Å²) >= 11 is 0. The molecule has 618 valence electrons. The van der Waals surface area contributed by atoms with Crippen molar-refractivity contribution < 1.29 is 89.4 Å². The molecule has 3 aliphatic heterocycles. The number of ether oxygens (including phenoxy) is 6. The van der Waals surface area contributed by atoms with Gasteiger partial charge in [-0.15, -0.1) is 0 Å². The number of carbonyl (C=O) groups excluding carboxylic acids is 1. The average molecular weight is 1490 g/mol. The third kappa shape index (κ3) is 45.3. The van der Waals surface area contributed by atoms with Crippen LogP contribution in [0.3, 0.4) is 0 Å². The summed E-state index contributed by atoms with van der Waals surface area (Å²) in [6.45, 7) is 1.89. The molecule has 12 N–H and O–H groups in total. The second-order valence-electron chi connectivity index (χ2n) is 32.1. The van der Waals surface area contributed by atoms with Crippen molar-refractivity contribution in [3.63, 3.8) is 0 Å². The van der Waals surface area contributed by atoms with Gasteiger partial charge in [-0.05, 0) is 12.8 Å². The molecule has 0 saturated carbocycles. The predicted molar refractivity (Wildman–Crippen MR) is 416 cm³/mol. The molecule has 0 aliphatic carbocycles. The standard InChI is InChI=1S/C85H165NO18/c1-3-5-7-9-11-13-15-17-19-21-23-25-27-28-29-30-31-32-33-34-35-36-37-38-39-41-43-45-47-49-51-53-55-57-59-61-63-73(91)86-68(69(90)62-60-58-56-54-52-50-48-46-44-42-40-26-24-22-20-18-16-14-12-10-8-6-4-2)67-99-83-79(97)76(94)81(71(65-88)101-83)104-85-80(98)77(95)82(72(66-89)102-85)103-84-78(96)75(93)74(92)70(64-87)100-84/h68-72,74-85,87-90,92-98H,3-67H2,1-2H3,(H,86,91). The first kappa shape index (κ1) is 97.0. The lowest BCUT2D eigenvalue weighted by Crippen LogP contribution is -2.66. The van der Waals surface area contributed by atoms with E-state index in [-0.39, 0.29) is 18.9 Å². The molecule has 17 atom stereocenters. The van der Waals surface area contributed by atoms with Gasteiger partial charge in [-0.1, -0.05) is 386 Å². The van der Waals surface area contributed by atoms with Crippen molar-refractivity contribution in [3.05, 3.63) is 0 Å². The maximum Gasteiger partial charge on any atom is 0.220 e. The zero-order valence-electron chi connectivity index (χ0n) is 66.6. The van der Waals surface area contributed by atoms with E-state index in [9.17, 15) is 61.0 Å². The average Bonchev–Trinajstić information content (AvgIpc) is 0.783. The van der Waals surface area contributed by atoms with Gasteiger partial charge in [0.15, 0.2) is 18.9 Å². The molecule has 0 spiro atoms. The molecule has 0 bridgehead atoms. The minimum absolute atomic E-state index is 0.231. The Bertz CT molecular complexity index is 1880. The minimum Gasteiger partial charge on any atom is -0.394 e. The number of carbonyl (C=O) groups is 1. The molecule has 0 radical (unpaired) electrons. The number of aliphatic hydroxyl groups excluding tert-OH is 11. The molecule has 3 fully saturated rings. The second-order valence-corrected chi connectivity index (χ2v) is 32.1. The van der Waals surface area contributed by atoms with Gasteiger partial charge in [-0.2, -0.15) is 0 Å². The minimum atomic E-state index is -1.97. The molecular formula is C85H165NO18. The van der Waals surface area contributed by atoms with E-state index in [1.807, 2.05) is 0 Å². The number of nitrogens with one attached hydrogen (secondary N) is 1. The van der Waals surface area contributed by atoms with Gasteiger partial charge in [0, 0.05) is 6.42 Å². The van der Waals surface area contributed by atoms with Gasteiger partial charge in [0.1, 0.15) is 73.2 Å². The third-order valence-corrected chi connectivity index (χ3v) is 22.7. The molecule has 3 aliphatic rings. The van der Waals surface area contributed by atoms with Crippen LogP contribution in [0.15, 0.2) is 0 Å². The lowest BCUT2D eigenvalue weighted by molar-refractivity contribution is -0.379. The Labute approximate surface area is 634 Å². The summed E-state index contributed by atoms with van der Waals surface area (Å²) in [4.78, 5) is 13.5. The van der Waals surface area contributed by atoms with Crippen LogP contribution < -0.4 is 5.32 Å². The Morgan fingerprint density at radius 2 is 0.548 bits per heavy atom. The maximum absolute atomic E-state index is 13.5. The highest BCUT2D eigenvalue weighted by atomic mass is 16.8. The number of aliphatic hydroxyl groups is 11. The fourth-order valence-electron chi connectivity index (χ4n) is 15.6. The molecule has 0 aromatic heterocycles. The molecule has 1 amide bonds. The summed E-state index contributed by atoms with van der Waals surface area (Å²) in [5.41, 5.74) is 0. The normalized spacial score (nSPS) is 25.8. The van der Waals surface area contributed by atoms with Crippen LogP contribution in [0.4, 0.5) is 0 Å². The first-order valence-electron chi connectivity index (χ1n) is 44.3. The zero-order chi connectivity index (χ0) is 75.3. The lowest BCUT2D eigenvalue weighted by atomic mass is 9.96. The predicted octanol–water partition coefficient (Wildman–Crippen LogP) is 16.1. The monoisotopic (exact) mass is 1490 g/mol. The summed E-state index contributed by atoms with van der Waals surface area (Å²) in [6.07, 6.45) is 52.2. The first-order valence-corrected chi connectivity index (χ1v) is 44.3. The Kier molecular flexibility index (Phi) is 61.9. The highest BCUT2D eigenvalue weighted by Gasteiger charge is 2.54. The van der Waals surface area contributed by atoms with Crippen LogP contribution in [0.5, 0.6) is 0 Å². The van der Waals surface area contributed by atoms with E-state index in [1.165, 1.54) is 327 Å². The number of unbranched alkanes of at least 4 members (excludes halogenated alkanes) is 57. The molecular weight excluding hydrogens is 1320 g/mol. The van der Waals surface area contributed by atoms with Crippen molar-refractivity contribution in [2.75, 3.05) is 26.4 Å². The summed E-state index contributed by atoms with van der Waals surface area (Å²) in [5, 5.41) is 121. The highest BCUT2D eigenvalue weighted by molar-refractivity contribution is 5.76. The first-order chi connectivity index (χ1) is 50.8. The highest BCUT2D eigenvalue weighted by Crippen LogP contribution is 2.34. The van der Waals surface area contributed by atoms with Crippen molar-refractivity contribution >= 4 is 5.91 Å². The lowest BCUT2D eigenvalue weighted by Gasteiger charge is -2.48. The number of hydrogen-bond acceptors (Lipinski definition) is 18. The maximum atomic E-state index is 13.5. The van der Waals surface area contributed by atoms with E-state index < -0.39 is 124 Å². The van der Waals surface area contributed by atoms with Gasteiger partial charge in [-0.25, -0.2) is 0 Å². The number of hydrogen-bond donors (Lipinski definition) is 12. The fourth-order valence-corrected chi connectivity index (χ4v) is 15.6. The van der Waals surface area contributed by atoms with Crippen LogP contribution in [0.2, 0.25) is 0 Å². The quantitative estimate of drug-likeness (QED) is 0.0252. The Morgan fingerprint density at radius 3 is 0.837 bits per heavy atom. The molecule has 3 rings (SSSR count). The summed E-state index contributed by atoms with van der Waals surface area (Å²) in [5.74, 6) is -0.231. The molecule has 19 heteroatoms.